The summed E-state index contributed by atoms with van der Waals surface area (Å²) in [6.07, 6.45) is 1.54. The van der Waals surface area contributed by atoms with Crippen LogP contribution in [-0.4, -0.2) is 28.7 Å². The molecule has 0 fully saturated rings. The highest BCUT2D eigenvalue weighted by molar-refractivity contribution is 6.07. The van der Waals surface area contributed by atoms with Crippen molar-refractivity contribution in [2.75, 3.05) is 17.7 Å². The smallest absolute Gasteiger partial charge is 0.259 e. The van der Waals surface area contributed by atoms with Crippen LogP contribution in [0, 0.1) is 13.8 Å². The molecule has 0 saturated carbocycles. The largest absolute Gasteiger partial charge is 0.497 e. The average Bonchev–Trinajstić information content (AvgIpc) is 3.04. The quantitative estimate of drug-likeness (QED) is 0.709. The number of amides is 2. The number of para-hydroxylation sites is 1. The number of carbonyl (C=O) groups excluding carboxylic acids is 2. The summed E-state index contributed by atoms with van der Waals surface area (Å²) in [5.74, 6) is 0.0122. The SMILES string of the molecule is COc1ccc(NC(C)=O)c(NC(=O)c2cnn(-c3ccccc3C)c2C)c1. The fraction of sp³-hybridized carbons (Fsp3) is 0.190. The molecule has 0 spiro atoms. The Kier molecular flexibility index (Phi) is 5.44. The first-order chi connectivity index (χ1) is 13.4. The topological polar surface area (TPSA) is 85.2 Å². The van der Waals surface area contributed by atoms with Gasteiger partial charge in [-0.3, -0.25) is 9.59 Å². The van der Waals surface area contributed by atoms with Gasteiger partial charge in [-0.15, -0.1) is 0 Å². The van der Waals surface area contributed by atoms with Gasteiger partial charge in [-0.1, -0.05) is 18.2 Å². The Bertz CT molecular complexity index is 1040. The van der Waals surface area contributed by atoms with Crippen molar-refractivity contribution in [1.29, 1.82) is 0 Å². The molecule has 2 amide bonds. The van der Waals surface area contributed by atoms with Crippen molar-refractivity contribution in [3.05, 3.63) is 65.5 Å². The zero-order chi connectivity index (χ0) is 20.3. The highest BCUT2D eigenvalue weighted by Gasteiger charge is 2.18. The first-order valence-corrected chi connectivity index (χ1v) is 8.78. The number of carbonyl (C=O) groups is 2. The summed E-state index contributed by atoms with van der Waals surface area (Å²) < 4.78 is 6.96. The third kappa shape index (κ3) is 3.88. The second-order valence-corrected chi connectivity index (χ2v) is 6.39. The van der Waals surface area contributed by atoms with E-state index in [1.807, 2.05) is 38.1 Å². The fourth-order valence-corrected chi connectivity index (χ4v) is 2.92. The van der Waals surface area contributed by atoms with Crippen molar-refractivity contribution >= 4 is 23.2 Å². The van der Waals surface area contributed by atoms with Crippen molar-refractivity contribution in [2.45, 2.75) is 20.8 Å². The molecule has 0 aliphatic carbocycles. The number of ether oxygens (including phenoxy) is 1. The molecule has 0 aliphatic heterocycles. The van der Waals surface area contributed by atoms with Crippen molar-refractivity contribution in [2.24, 2.45) is 0 Å². The fourth-order valence-electron chi connectivity index (χ4n) is 2.92. The summed E-state index contributed by atoms with van der Waals surface area (Å²) in [6, 6.07) is 12.9. The molecule has 3 rings (SSSR count). The van der Waals surface area contributed by atoms with Crippen LogP contribution in [0.4, 0.5) is 11.4 Å². The molecule has 144 valence electrons. The molecular weight excluding hydrogens is 356 g/mol. The normalized spacial score (nSPS) is 10.4. The summed E-state index contributed by atoms with van der Waals surface area (Å²) in [4.78, 5) is 24.3. The minimum absolute atomic E-state index is 0.232. The molecule has 7 heteroatoms. The van der Waals surface area contributed by atoms with Crippen molar-refractivity contribution < 1.29 is 14.3 Å². The van der Waals surface area contributed by atoms with Crippen molar-refractivity contribution in [3.63, 3.8) is 0 Å². The Morgan fingerprint density at radius 2 is 1.79 bits per heavy atom. The number of nitrogens with zero attached hydrogens (tertiary/aromatic N) is 2. The molecule has 0 bridgehead atoms. The predicted molar refractivity (Wildman–Crippen MR) is 108 cm³/mol. The van der Waals surface area contributed by atoms with Gasteiger partial charge < -0.3 is 15.4 Å². The van der Waals surface area contributed by atoms with E-state index in [4.69, 9.17) is 4.74 Å². The van der Waals surface area contributed by atoms with Gasteiger partial charge in [-0.2, -0.15) is 5.10 Å². The minimum atomic E-state index is -0.322. The molecule has 7 nitrogen and oxygen atoms in total. The highest BCUT2D eigenvalue weighted by Crippen LogP contribution is 2.28. The second-order valence-electron chi connectivity index (χ2n) is 6.39. The van der Waals surface area contributed by atoms with Crippen LogP contribution in [0.5, 0.6) is 5.75 Å². The van der Waals surface area contributed by atoms with Gasteiger partial charge in [0.2, 0.25) is 5.91 Å². The zero-order valence-corrected chi connectivity index (χ0v) is 16.2. The Labute approximate surface area is 163 Å². The maximum Gasteiger partial charge on any atom is 0.259 e. The first-order valence-electron chi connectivity index (χ1n) is 8.78. The van der Waals surface area contributed by atoms with Gasteiger partial charge in [0.05, 0.1) is 41.6 Å². The number of nitrogens with one attached hydrogen (secondary N) is 2. The third-order valence-corrected chi connectivity index (χ3v) is 4.38. The Morgan fingerprint density at radius 1 is 1.04 bits per heavy atom. The van der Waals surface area contributed by atoms with Crippen LogP contribution in [0.25, 0.3) is 5.69 Å². The van der Waals surface area contributed by atoms with Gasteiger partial charge in [0.15, 0.2) is 0 Å². The van der Waals surface area contributed by atoms with E-state index < -0.39 is 0 Å². The lowest BCUT2D eigenvalue weighted by Crippen LogP contribution is -2.16. The monoisotopic (exact) mass is 378 g/mol. The van der Waals surface area contributed by atoms with Crippen LogP contribution >= 0.6 is 0 Å². The van der Waals surface area contributed by atoms with Gasteiger partial charge in [-0.25, -0.2) is 4.68 Å². The Morgan fingerprint density at radius 3 is 2.46 bits per heavy atom. The molecule has 3 aromatic rings. The maximum atomic E-state index is 12.9. The first kappa shape index (κ1) is 19.2. The van der Waals surface area contributed by atoms with E-state index in [2.05, 4.69) is 15.7 Å². The van der Waals surface area contributed by atoms with Gasteiger partial charge in [0, 0.05) is 13.0 Å². The van der Waals surface area contributed by atoms with Crippen LogP contribution in [0.1, 0.15) is 28.5 Å². The molecule has 28 heavy (non-hydrogen) atoms. The van der Waals surface area contributed by atoms with E-state index in [1.165, 1.54) is 20.2 Å². The highest BCUT2D eigenvalue weighted by atomic mass is 16.5. The molecule has 0 atom stereocenters. The summed E-state index contributed by atoms with van der Waals surface area (Å²) >= 11 is 0. The summed E-state index contributed by atoms with van der Waals surface area (Å²) in [6.45, 7) is 5.24. The standard InChI is InChI=1S/C21H22N4O3/c1-13-7-5-6-8-20(13)25-14(2)17(12-22-25)21(27)24-19-11-16(28-4)9-10-18(19)23-15(3)26/h5-12H,1-4H3,(H,23,26)(H,24,27). The lowest BCUT2D eigenvalue weighted by atomic mass is 10.2. The van der Waals surface area contributed by atoms with E-state index in [0.29, 0.717) is 22.7 Å². The van der Waals surface area contributed by atoms with E-state index in [0.717, 1.165) is 16.9 Å². The van der Waals surface area contributed by atoms with Crippen molar-refractivity contribution in [1.82, 2.24) is 9.78 Å². The van der Waals surface area contributed by atoms with Gasteiger partial charge in [0.1, 0.15) is 5.75 Å². The van der Waals surface area contributed by atoms with E-state index in [9.17, 15) is 9.59 Å². The number of hydrogen-bond acceptors (Lipinski definition) is 4. The molecule has 0 unspecified atom stereocenters. The molecule has 1 heterocycles. The molecule has 2 aromatic carbocycles. The van der Waals surface area contributed by atoms with E-state index >= 15 is 0 Å². The molecule has 0 radical (unpaired) electrons. The van der Waals surface area contributed by atoms with Gasteiger partial charge >= 0.3 is 0 Å². The number of aromatic nitrogens is 2. The van der Waals surface area contributed by atoms with Crippen molar-refractivity contribution in [3.8, 4) is 11.4 Å². The van der Waals surface area contributed by atoms with Crippen LogP contribution in [0.15, 0.2) is 48.7 Å². The van der Waals surface area contributed by atoms with Crippen LogP contribution in [0.3, 0.4) is 0 Å². The van der Waals surface area contributed by atoms with Gasteiger partial charge in [-0.05, 0) is 37.6 Å². The summed E-state index contributed by atoms with van der Waals surface area (Å²) in [5, 5.41) is 9.92. The Hall–Kier alpha value is -3.61. The zero-order valence-electron chi connectivity index (χ0n) is 16.2. The second kappa shape index (κ2) is 7.96. The van der Waals surface area contributed by atoms with Gasteiger partial charge in [0.25, 0.3) is 5.91 Å². The summed E-state index contributed by atoms with van der Waals surface area (Å²) in [5.41, 5.74) is 4.07. The maximum absolute atomic E-state index is 12.9. The number of aryl methyl sites for hydroxylation is 1. The molecule has 0 saturated heterocycles. The number of hydrogen-bond donors (Lipinski definition) is 2. The predicted octanol–water partition coefficient (Wildman–Crippen LogP) is 3.71. The molecule has 1 aromatic heterocycles. The molecule has 2 N–H and O–H groups in total. The number of rotatable bonds is 5. The lowest BCUT2D eigenvalue weighted by molar-refractivity contribution is -0.114. The minimum Gasteiger partial charge on any atom is -0.497 e. The number of benzene rings is 2. The van der Waals surface area contributed by atoms with Crippen LogP contribution in [-0.2, 0) is 4.79 Å². The van der Waals surface area contributed by atoms with E-state index in [1.54, 1.807) is 22.9 Å². The Balaban J connectivity index is 1.92. The molecular formula is C21H22N4O3. The third-order valence-electron chi connectivity index (χ3n) is 4.38. The summed E-state index contributed by atoms with van der Waals surface area (Å²) in [7, 11) is 1.54. The molecule has 0 aliphatic rings. The number of methoxy groups -OCH3 is 1. The van der Waals surface area contributed by atoms with E-state index in [-0.39, 0.29) is 11.8 Å². The lowest BCUT2D eigenvalue weighted by Gasteiger charge is -2.13. The average molecular weight is 378 g/mol. The number of anilines is 2. The van der Waals surface area contributed by atoms with Crippen LogP contribution in [0.2, 0.25) is 0 Å². The van der Waals surface area contributed by atoms with Crippen LogP contribution < -0.4 is 15.4 Å².